The fraction of sp³-hybridized carbons (Fsp3) is 0.500. The Bertz CT molecular complexity index is 589. The number of nitrogens with zero attached hydrogens (tertiary/aromatic N) is 3. The molecule has 0 radical (unpaired) electrons. The third kappa shape index (κ3) is 2.93. The SMILES string of the molecule is CCc1ccc(-c2nc(N3CCC(C)C(N)C3)n[nH]2)cc1. The van der Waals surface area contributed by atoms with Gasteiger partial charge in [-0.15, -0.1) is 5.10 Å². The number of nitrogens with one attached hydrogen (secondary N) is 1. The van der Waals surface area contributed by atoms with Gasteiger partial charge in [0.2, 0.25) is 5.95 Å². The molecule has 2 aromatic rings. The highest BCUT2D eigenvalue weighted by atomic mass is 15.4. The van der Waals surface area contributed by atoms with Crippen LogP contribution in [0.4, 0.5) is 5.95 Å². The average Bonchev–Trinajstić information content (AvgIpc) is 3.00. The van der Waals surface area contributed by atoms with E-state index in [4.69, 9.17) is 5.73 Å². The monoisotopic (exact) mass is 285 g/mol. The van der Waals surface area contributed by atoms with Crippen molar-refractivity contribution in [2.24, 2.45) is 11.7 Å². The zero-order valence-electron chi connectivity index (χ0n) is 12.7. The Labute approximate surface area is 125 Å². The Kier molecular flexibility index (Phi) is 3.92. The lowest BCUT2D eigenvalue weighted by Crippen LogP contribution is -2.48. The summed E-state index contributed by atoms with van der Waals surface area (Å²) in [5.74, 6) is 2.15. The highest BCUT2D eigenvalue weighted by Gasteiger charge is 2.25. The number of H-pyrrole nitrogens is 1. The van der Waals surface area contributed by atoms with Crippen molar-refractivity contribution >= 4 is 5.95 Å². The molecule has 1 aliphatic heterocycles. The summed E-state index contributed by atoms with van der Waals surface area (Å²) in [6.45, 7) is 6.16. The molecule has 3 N–H and O–H groups in total. The van der Waals surface area contributed by atoms with E-state index in [0.29, 0.717) is 5.92 Å². The maximum atomic E-state index is 6.15. The van der Waals surface area contributed by atoms with Gasteiger partial charge in [0.25, 0.3) is 0 Å². The van der Waals surface area contributed by atoms with Crippen LogP contribution in [0.1, 0.15) is 25.8 Å². The fourth-order valence-electron chi connectivity index (χ4n) is 2.70. The van der Waals surface area contributed by atoms with Gasteiger partial charge in [-0.05, 0) is 24.3 Å². The average molecular weight is 285 g/mol. The van der Waals surface area contributed by atoms with E-state index in [-0.39, 0.29) is 6.04 Å². The van der Waals surface area contributed by atoms with E-state index >= 15 is 0 Å². The minimum atomic E-state index is 0.199. The molecule has 1 aromatic carbocycles. The molecule has 3 rings (SSSR count). The summed E-state index contributed by atoms with van der Waals surface area (Å²) in [5.41, 5.74) is 8.55. The first-order valence-electron chi connectivity index (χ1n) is 7.69. The van der Waals surface area contributed by atoms with E-state index in [1.807, 2.05) is 0 Å². The van der Waals surface area contributed by atoms with Crippen molar-refractivity contribution < 1.29 is 0 Å². The first-order chi connectivity index (χ1) is 10.2. The number of anilines is 1. The second-order valence-corrected chi connectivity index (χ2v) is 5.91. The summed E-state index contributed by atoms with van der Waals surface area (Å²) < 4.78 is 0. The van der Waals surface area contributed by atoms with Crippen molar-refractivity contribution in [2.75, 3.05) is 18.0 Å². The van der Waals surface area contributed by atoms with Crippen molar-refractivity contribution in [3.8, 4) is 11.4 Å². The third-order valence-corrected chi connectivity index (χ3v) is 4.41. The quantitative estimate of drug-likeness (QED) is 0.907. The third-order valence-electron chi connectivity index (χ3n) is 4.41. The summed E-state index contributed by atoms with van der Waals surface area (Å²) in [6, 6.07) is 8.65. The van der Waals surface area contributed by atoms with Gasteiger partial charge < -0.3 is 10.6 Å². The highest BCUT2D eigenvalue weighted by Crippen LogP contribution is 2.22. The lowest BCUT2D eigenvalue weighted by molar-refractivity contribution is 0.376. The molecule has 2 heterocycles. The van der Waals surface area contributed by atoms with Gasteiger partial charge in [-0.2, -0.15) is 4.98 Å². The molecule has 2 atom stereocenters. The van der Waals surface area contributed by atoms with Crippen molar-refractivity contribution in [2.45, 2.75) is 32.7 Å². The van der Waals surface area contributed by atoms with E-state index < -0.39 is 0 Å². The smallest absolute Gasteiger partial charge is 0.245 e. The lowest BCUT2D eigenvalue weighted by Gasteiger charge is -2.34. The highest BCUT2D eigenvalue weighted by molar-refractivity contribution is 5.56. The minimum Gasteiger partial charge on any atom is -0.338 e. The molecule has 0 spiro atoms. The number of piperidine rings is 1. The van der Waals surface area contributed by atoms with Crippen LogP contribution in [0.5, 0.6) is 0 Å². The van der Waals surface area contributed by atoms with Crippen molar-refractivity contribution in [1.82, 2.24) is 15.2 Å². The standard InChI is InChI=1S/C16H23N5/c1-3-12-4-6-13(7-5-12)15-18-16(20-19-15)21-9-8-11(2)14(17)10-21/h4-7,11,14H,3,8-10,17H2,1-2H3,(H,18,19,20). The number of hydrogen-bond donors (Lipinski definition) is 2. The summed E-state index contributed by atoms with van der Waals surface area (Å²) in [7, 11) is 0. The van der Waals surface area contributed by atoms with Crippen LogP contribution in [0.2, 0.25) is 0 Å². The maximum absolute atomic E-state index is 6.15. The largest absolute Gasteiger partial charge is 0.338 e. The normalized spacial score (nSPS) is 22.5. The van der Waals surface area contributed by atoms with E-state index in [0.717, 1.165) is 43.3 Å². The topological polar surface area (TPSA) is 70.8 Å². The van der Waals surface area contributed by atoms with Crippen molar-refractivity contribution in [1.29, 1.82) is 0 Å². The summed E-state index contributed by atoms with van der Waals surface area (Å²) in [5, 5.41) is 7.39. The van der Waals surface area contributed by atoms with Crippen LogP contribution in [-0.4, -0.2) is 34.3 Å². The second kappa shape index (κ2) is 5.85. The van der Waals surface area contributed by atoms with Crippen molar-refractivity contribution in [3.05, 3.63) is 29.8 Å². The molecule has 21 heavy (non-hydrogen) atoms. The van der Waals surface area contributed by atoms with Gasteiger partial charge in [0.05, 0.1) is 0 Å². The first-order valence-corrected chi connectivity index (χ1v) is 7.69. The molecule has 0 amide bonds. The predicted octanol–water partition coefficient (Wildman–Crippen LogP) is 2.21. The van der Waals surface area contributed by atoms with Gasteiger partial charge in [0.15, 0.2) is 5.82 Å². The number of aryl methyl sites for hydroxylation is 1. The molecular weight excluding hydrogens is 262 g/mol. The molecular formula is C16H23N5. The zero-order valence-corrected chi connectivity index (χ0v) is 12.7. The molecule has 1 fully saturated rings. The number of nitrogens with two attached hydrogens (primary N) is 1. The molecule has 0 bridgehead atoms. The van der Waals surface area contributed by atoms with Gasteiger partial charge in [-0.3, -0.25) is 5.10 Å². The Morgan fingerprint density at radius 2 is 2.10 bits per heavy atom. The van der Waals surface area contributed by atoms with Gasteiger partial charge in [-0.1, -0.05) is 38.1 Å². The van der Waals surface area contributed by atoms with Crippen LogP contribution in [0, 0.1) is 5.92 Å². The van der Waals surface area contributed by atoms with E-state index in [1.54, 1.807) is 0 Å². The summed E-state index contributed by atoms with van der Waals surface area (Å²) >= 11 is 0. The minimum absolute atomic E-state index is 0.199. The molecule has 1 aliphatic rings. The molecule has 1 saturated heterocycles. The summed E-state index contributed by atoms with van der Waals surface area (Å²) in [4.78, 5) is 6.79. The number of hydrogen-bond acceptors (Lipinski definition) is 4. The molecule has 5 nitrogen and oxygen atoms in total. The zero-order chi connectivity index (χ0) is 14.8. The van der Waals surface area contributed by atoms with E-state index in [1.165, 1.54) is 5.56 Å². The Hall–Kier alpha value is -1.88. The Morgan fingerprint density at radius 1 is 1.33 bits per heavy atom. The van der Waals surface area contributed by atoms with Crippen molar-refractivity contribution in [3.63, 3.8) is 0 Å². The van der Waals surface area contributed by atoms with E-state index in [9.17, 15) is 0 Å². The van der Waals surface area contributed by atoms with Crippen LogP contribution in [0.3, 0.4) is 0 Å². The first kappa shape index (κ1) is 14.1. The second-order valence-electron chi connectivity index (χ2n) is 5.91. The van der Waals surface area contributed by atoms with Crippen LogP contribution in [-0.2, 0) is 6.42 Å². The van der Waals surface area contributed by atoms with Crippen LogP contribution in [0.25, 0.3) is 11.4 Å². The molecule has 2 unspecified atom stereocenters. The maximum Gasteiger partial charge on any atom is 0.245 e. The van der Waals surface area contributed by atoms with Gasteiger partial charge in [0, 0.05) is 24.7 Å². The number of aromatic nitrogens is 3. The molecule has 5 heteroatoms. The van der Waals surface area contributed by atoms with Gasteiger partial charge in [-0.25, -0.2) is 0 Å². The number of benzene rings is 1. The predicted molar refractivity (Wildman–Crippen MR) is 85.2 cm³/mol. The number of rotatable bonds is 3. The lowest BCUT2D eigenvalue weighted by atomic mass is 9.95. The van der Waals surface area contributed by atoms with Crippen LogP contribution >= 0.6 is 0 Å². The Morgan fingerprint density at radius 3 is 2.76 bits per heavy atom. The van der Waals surface area contributed by atoms with Gasteiger partial charge in [0.1, 0.15) is 0 Å². The molecule has 0 saturated carbocycles. The molecule has 112 valence electrons. The molecule has 1 aromatic heterocycles. The number of aromatic amines is 1. The van der Waals surface area contributed by atoms with Crippen LogP contribution in [0.15, 0.2) is 24.3 Å². The Balaban J connectivity index is 1.76. The molecule has 0 aliphatic carbocycles. The van der Waals surface area contributed by atoms with Crippen LogP contribution < -0.4 is 10.6 Å². The summed E-state index contributed by atoms with van der Waals surface area (Å²) in [6.07, 6.45) is 2.14. The fourth-order valence-corrected chi connectivity index (χ4v) is 2.70. The van der Waals surface area contributed by atoms with Gasteiger partial charge >= 0.3 is 0 Å². The van der Waals surface area contributed by atoms with E-state index in [2.05, 4.69) is 58.2 Å².